The molecule has 6 heteroatoms. The van der Waals surface area contributed by atoms with Crippen LogP contribution in [0.4, 0.5) is 9.52 Å². The van der Waals surface area contributed by atoms with Gasteiger partial charge in [-0.3, -0.25) is 0 Å². The Bertz CT molecular complexity index is 487. The third-order valence-corrected chi connectivity index (χ3v) is 3.74. The molecule has 0 bridgehead atoms. The van der Waals surface area contributed by atoms with Crippen molar-refractivity contribution in [1.29, 1.82) is 0 Å². The van der Waals surface area contributed by atoms with E-state index in [2.05, 4.69) is 14.7 Å². The van der Waals surface area contributed by atoms with Crippen LogP contribution < -0.4 is 5.32 Å². The van der Waals surface area contributed by atoms with Gasteiger partial charge in [-0.2, -0.15) is 4.37 Å². The highest BCUT2D eigenvalue weighted by atomic mass is 32.2. The molecule has 0 saturated carbocycles. The molecule has 0 atom stereocenters. The second-order valence-electron chi connectivity index (χ2n) is 3.27. The summed E-state index contributed by atoms with van der Waals surface area (Å²) >= 11 is 2.74. The fraction of sp³-hybridized carbons (Fsp3) is 0.273. The van der Waals surface area contributed by atoms with Crippen molar-refractivity contribution in [2.24, 2.45) is 0 Å². The summed E-state index contributed by atoms with van der Waals surface area (Å²) in [5.41, 5.74) is 0. The van der Waals surface area contributed by atoms with Crippen molar-refractivity contribution < 1.29 is 4.39 Å². The number of aromatic nitrogens is 2. The molecule has 0 aliphatic carbocycles. The van der Waals surface area contributed by atoms with E-state index in [9.17, 15) is 4.39 Å². The minimum absolute atomic E-state index is 0.195. The number of benzene rings is 1. The van der Waals surface area contributed by atoms with Gasteiger partial charge in [-0.05, 0) is 19.1 Å². The van der Waals surface area contributed by atoms with Gasteiger partial charge < -0.3 is 5.32 Å². The van der Waals surface area contributed by atoms with Crippen molar-refractivity contribution in [2.45, 2.75) is 17.6 Å². The predicted molar refractivity (Wildman–Crippen MR) is 70.0 cm³/mol. The number of rotatable bonds is 5. The molecule has 2 aromatic rings. The van der Waals surface area contributed by atoms with Crippen LogP contribution in [0.2, 0.25) is 0 Å². The Labute approximate surface area is 108 Å². The van der Waals surface area contributed by atoms with Gasteiger partial charge in [0.15, 0.2) is 5.82 Å². The molecule has 1 N–H and O–H groups in total. The SMILES string of the molecule is CCNc1nc(CSc2ccccc2F)ns1. The maximum Gasteiger partial charge on any atom is 0.202 e. The van der Waals surface area contributed by atoms with Crippen LogP contribution in [0.15, 0.2) is 29.2 Å². The average molecular weight is 269 g/mol. The first-order chi connectivity index (χ1) is 8.29. The molecule has 1 aromatic heterocycles. The summed E-state index contributed by atoms with van der Waals surface area (Å²) in [5, 5.41) is 3.92. The van der Waals surface area contributed by atoms with Gasteiger partial charge in [-0.25, -0.2) is 9.37 Å². The van der Waals surface area contributed by atoms with Crippen molar-refractivity contribution in [3.05, 3.63) is 35.9 Å². The molecule has 1 aromatic carbocycles. The average Bonchev–Trinajstić information content (AvgIpc) is 2.76. The summed E-state index contributed by atoms with van der Waals surface area (Å²) in [5.74, 6) is 1.13. The lowest BCUT2D eigenvalue weighted by Crippen LogP contribution is -1.95. The zero-order valence-electron chi connectivity index (χ0n) is 9.31. The van der Waals surface area contributed by atoms with E-state index >= 15 is 0 Å². The summed E-state index contributed by atoms with van der Waals surface area (Å²) in [7, 11) is 0. The van der Waals surface area contributed by atoms with E-state index in [-0.39, 0.29) is 5.82 Å². The van der Waals surface area contributed by atoms with Crippen molar-refractivity contribution in [3.63, 3.8) is 0 Å². The zero-order chi connectivity index (χ0) is 12.1. The lowest BCUT2D eigenvalue weighted by molar-refractivity contribution is 0.602. The van der Waals surface area contributed by atoms with E-state index < -0.39 is 0 Å². The number of halogens is 1. The third kappa shape index (κ3) is 3.41. The monoisotopic (exact) mass is 269 g/mol. The molecule has 0 spiro atoms. The first-order valence-corrected chi connectivity index (χ1v) is 6.99. The highest BCUT2D eigenvalue weighted by molar-refractivity contribution is 7.98. The van der Waals surface area contributed by atoms with E-state index in [0.717, 1.165) is 17.5 Å². The quantitative estimate of drug-likeness (QED) is 0.844. The Kier molecular flexibility index (Phi) is 4.33. The Balaban J connectivity index is 1.95. The van der Waals surface area contributed by atoms with Crippen LogP contribution in [0, 0.1) is 5.82 Å². The van der Waals surface area contributed by atoms with Gasteiger partial charge in [-0.15, -0.1) is 11.8 Å². The highest BCUT2D eigenvalue weighted by Gasteiger charge is 2.06. The minimum atomic E-state index is -0.195. The molecule has 1 heterocycles. The van der Waals surface area contributed by atoms with E-state index in [0.29, 0.717) is 10.6 Å². The largest absolute Gasteiger partial charge is 0.361 e. The molecule has 0 aliphatic rings. The van der Waals surface area contributed by atoms with Gasteiger partial charge in [0, 0.05) is 23.0 Å². The first kappa shape index (κ1) is 12.3. The maximum absolute atomic E-state index is 13.3. The molecule has 0 saturated heterocycles. The Morgan fingerprint density at radius 3 is 3.00 bits per heavy atom. The lowest BCUT2D eigenvalue weighted by atomic mass is 10.3. The van der Waals surface area contributed by atoms with Crippen molar-refractivity contribution in [1.82, 2.24) is 9.36 Å². The summed E-state index contributed by atoms with van der Waals surface area (Å²) in [6.45, 7) is 2.84. The number of nitrogens with zero attached hydrogens (tertiary/aromatic N) is 2. The van der Waals surface area contributed by atoms with Gasteiger partial charge in [0.05, 0.1) is 5.75 Å². The molecular formula is C11H12FN3S2. The van der Waals surface area contributed by atoms with Gasteiger partial charge >= 0.3 is 0 Å². The normalized spacial score (nSPS) is 10.5. The van der Waals surface area contributed by atoms with Gasteiger partial charge in [0.1, 0.15) is 5.82 Å². The second kappa shape index (κ2) is 5.97. The molecule has 3 nitrogen and oxygen atoms in total. The molecule has 0 aliphatic heterocycles. The van der Waals surface area contributed by atoms with Gasteiger partial charge in [0.2, 0.25) is 5.13 Å². The summed E-state index contributed by atoms with van der Waals surface area (Å²) in [4.78, 5) is 4.93. The third-order valence-electron chi connectivity index (χ3n) is 1.99. The number of anilines is 1. The number of hydrogen-bond donors (Lipinski definition) is 1. The van der Waals surface area contributed by atoms with Crippen molar-refractivity contribution in [2.75, 3.05) is 11.9 Å². The maximum atomic E-state index is 13.3. The molecule has 0 amide bonds. The standard InChI is InChI=1S/C11H12FN3S2/c1-2-13-11-14-10(15-17-11)7-16-9-6-4-3-5-8(9)12/h3-6H,2,7H2,1H3,(H,13,14,15). The highest BCUT2D eigenvalue weighted by Crippen LogP contribution is 2.25. The van der Waals surface area contributed by atoms with Gasteiger partial charge in [-0.1, -0.05) is 12.1 Å². The minimum Gasteiger partial charge on any atom is -0.361 e. The zero-order valence-corrected chi connectivity index (χ0v) is 10.9. The second-order valence-corrected chi connectivity index (χ2v) is 5.03. The van der Waals surface area contributed by atoms with Crippen molar-refractivity contribution in [3.8, 4) is 0 Å². The summed E-state index contributed by atoms with van der Waals surface area (Å²) < 4.78 is 17.6. The summed E-state index contributed by atoms with van der Waals surface area (Å²) in [6.07, 6.45) is 0. The van der Waals surface area contributed by atoms with Crippen LogP contribution in [0.25, 0.3) is 0 Å². The topological polar surface area (TPSA) is 37.8 Å². The fourth-order valence-corrected chi connectivity index (χ4v) is 2.77. The number of thioether (sulfide) groups is 1. The lowest BCUT2D eigenvalue weighted by Gasteiger charge is -1.99. The molecule has 0 unspecified atom stereocenters. The smallest absolute Gasteiger partial charge is 0.202 e. The van der Waals surface area contributed by atoms with Crippen LogP contribution in [-0.4, -0.2) is 15.9 Å². The van der Waals surface area contributed by atoms with Crippen LogP contribution >= 0.6 is 23.3 Å². The molecule has 0 radical (unpaired) electrons. The predicted octanol–water partition coefficient (Wildman–Crippen LogP) is 3.40. The van der Waals surface area contributed by atoms with Crippen LogP contribution in [0.3, 0.4) is 0 Å². The van der Waals surface area contributed by atoms with E-state index in [1.165, 1.54) is 29.4 Å². The van der Waals surface area contributed by atoms with E-state index in [1.807, 2.05) is 13.0 Å². The van der Waals surface area contributed by atoms with Crippen LogP contribution in [0.1, 0.15) is 12.7 Å². The van der Waals surface area contributed by atoms with Gasteiger partial charge in [0.25, 0.3) is 0 Å². The first-order valence-electron chi connectivity index (χ1n) is 5.23. The van der Waals surface area contributed by atoms with E-state index in [1.54, 1.807) is 12.1 Å². The number of hydrogen-bond acceptors (Lipinski definition) is 5. The molecule has 17 heavy (non-hydrogen) atoms. The summed E-state index contributed by atoms with van der Waals surface area (Å²) in [6, 6.07) is 6.73. The van der Waals surface area contributed by atoms with Crippen molar-refractivity contribution >= 4 is 28.4 Å². The van der Waals surface area contributed by atoms with Crippen LogP contribution in [-0.2, 0) is 5.75 Å². The Morgan fingerprint density at radius 1 is 1.41 bits per heavy atom. The molecular weight excluding hydrogens is 257 g/mol. The Hall–Kier alpha value is -1.14. The Morgan fingerprint density at radius 2 is 2.24 bits per heavy atom. The number of nitrogens with one attached hydrogen (secondary N) is 1. The fourth-order valence-electron chi connectivity index (χ4n) is 1.24. The van der Waals surface area contributed by atoms with Crippen LogP contribution in [0.5, 0.6) is 0 Å². The molecule has 0 fully saturated rings. The molecule has 2 rings (SSSR count). The van der Waals surface area contributed by atoms with E-state index in [4.69, 9.17) is 0 Å². The molecule has 90 valence electrons.